The highest BCUT2D eigenvalue weighted by Gasteiger charge is 2.45. The number of nitrogens with zero attached hydrogens (tertiary/aromatic N) is 5. The van der Waals surface area contributed by atoms with Crippen LogP contribution in [-0.4, -0.2) is 73.5 Å². The third-order valence-electron chi connectivity index (χ3n) is 3.86. The Balaban J connectivity index is 1.76. The maximum Gasteiger partial charge on any atom is 0.327 e. The number of ketones is 1. The average Bonchev–Trinajstić information content (AvgIpc) is 3.05. The highest BCUT2D eigenvalue weighted by atomic mass is 32.2. The van der Waals surface area contributed by atoms with Crippen molar-refractivity contribution < 1.29 is 14.4 Å². The van der Waals surface area contributed by atoms with Gasteiger partial charge in [-0.05, 0) is 0 Å². The number of amides is 3. The highest BCUT2D eigenvalue weighted by Crippen LogP contribution is 2.25. The summed E-state index contributed by atoms with van der Waals surface area (Å²) < 4.78 is 0. The largest absolute Gasteiger partial charge is 0.341 e. The molecule has 3 heterocycles. The summed E-state index contributed by atoms with van der Waals surface area (Å²) in [6.07, 6.45) is 1.86. The van der Waals surface area contributed by atoms with Crippen LogP contribution < -0.4 is 5.73 Å². The Labute approximate surface area is 140 Å². The summed E-state index contributed by atoms with van der Waals surface area (Å²) in [7, 11) is 2.79. The van der Waals surface area contributed by atoms with Crippen molar-refractivity contribution in [1.29, 1.82) is 0 Å². The van der Waals surface area contributed by atoms with Gasteiger partial charge < -0.3 is 15.6 Å². The third kappa shape index (κ3) is 2.61. The average molecular weight is 349 g/mol. The molecule has 3 rings (SSSR count). The lowest BCUT2D eigenvalue weighted by Gasteiger charge is -2.38. The standard InChI is InChI=1S/C13H15N7O3S/c1-19-9(14)7(12(22)20(2)13(19)23)6(21)3-24-11-8-10(16-4-15-8)17-5-18-11/h4-5,7,9H,3,14H2,1-2H3,(H,15,16,17,18). The molecular weight excluding hydrogens is 334 g/mol. The second kappa shape index (κ2) is 6.17. The fraction of sp³-hybridized carbons (Fsp3) is 0.385. The van der Waals surface area contributed by atoms with Gasteiger partial charge in [0, 0.05) is 14.1 Å². The number of aromatic nitrogens is 4. The van der Waals surface area contributed by atoms with Gasteiger partial charge in [0.1, 0.15) is 29.0 Å². The van der Waals surface area contributed by atoms with Gasteiger partial charge in [-0.3, -0.25) is 14.5 Å². The minimum atomic E-state index is -1.09. The highest BCUT2D eigenvalue weighted by molar-refractivity contribution is 8.00. The quantitative estimate of drug-likeness (QED) is 0.425. The number of carbonyl (C=O) groups excluding carboxylic acids is 3. The number of rotatable bonds is 4. The summed E-state index contributed by atoms with van der Waals surface area (Å²) in [5.41, 5.74) is 7.01. The van der Waals surface area contributed by atoms with E-state index in [1.165, 1.54) is 31.6 Å². The first-order chi connectivity index (χ1) is 11.4. The molecule has 24 heavy (non-hydrogen) atoms. The van der Waals surface area contributed by atoms with Crippen LogP contribution in [0.2, 0.25) is 0 Å². The van der Waals surface area contributed by atoms with Crippen LogP contribution >= 0.6 is 11.8 Å². The molecule has 3 N–H and O–H groups in total. The van der Waals surface area contributed by atoms with Crippen LogP contribution in [0.1, 0.15) is 0 Å². The summed E-state index contributed by atoms with van der Waals surface area (Å²) >= 11 is 1.16. The molecule has 10 nitrogen and oxygen atoms in total. The molecule has 0 spiro atoms. The van der Waals surface area contributed by atoms with Crippen molar-refractivity contribution in [1.82, 2.24) is 29.7 Å². The summed E-state index contributed by atoms with van der Waals surface area (Å²) in [6.45, 7) is 0. The zero-order valence-electron chi connectivity index (χ0n) is 13.0. The Morgan fingerprint density at radius 2 is 2.08 bits per heavy atom. The van der Waals surface area contributed by atoms with Gasteiger partial charge in [-0.2, -0.15) is 0 Å². The number of thioether (sulfide) groups is 1. The van der Waals surface area contributed by atoms with E-state index in [0.29, 0.717) is 16.2 Å². The van der Waals surface area contributed by atoms with Crippen molar-refractivity contribution in [2.45, 2.75) is 11.2 Å². The molecule has 0 aliphatic carbocycles. The van der Waals surface area contributed by atoms with E-state index >= 15 is 0 Å². The van der Waals surface area contributed by atoms with E-state index in [1.54, 1.807) is 0 Å². The Hall–Kier alpha value is -2.53. The normalized spacial score (nSPS) is 21.6. The number of imidazole rings is 1. The first kappa shape index (κ1) is 16.3. The second-order valence-corrected chi connectivity index (χ2v) is 6.26. The third-order valence-corrected chi connectivity index (χ3v) is 4.87. The summed E-state index contributed by atoms with van der Waals surface area (Å²) in [5.74, 6) is -2.06. The van der Waals surface area contributed by atoms with Crippen molar-refractivity contribution in [2.75, 3.05) is 19.8 Å². The summed E-state index contributed by atoms with van der Waals surface area (Å²) in [4.78, 5) is 53.7. The van der Waals surface area contributed by atoms with Gasteiger partial charge >= 0.3 is 6.03 Å². The molecule has 0 aromatic carbocycles. The second-order valence-electron chi connectivity index (χ2n) is 5.29. The molecule has 1 aliphatic rings. The number of urea groups is 1. The monoisotopic (exact) mass is 349 g/mol. The number of hydrogen-bond acceptors (Lipinski definition) is 8. The van der Waals surface area contributed by atoms with Crippen molar-refractivity contribution in [3.05, 3.63) is 12.7 Å². The molecule has 1 aliphatic heterocycles. The Morgan fingerprint density at radius 1 is 1.33 bits per heavy atom. The van der Waals surface area contributed by atoms with Gasteiger partial charge in [-0.15, -0.1) is 0 Å². The first-order valence-electron chi connectivity index (χ1n) is 7.01. The topological polar surface area (TPSA) is 138 Å². The fourth-order valence-corrected chi connectivity index (χ4v) is 3.32. The maximum absolute atomic E-state index is 12.5. The van der Waals surface area contributed by atoms with Gasteiger partial charge in [0.2, 0.25) is 5.91 Å². The number of imide groups is 1. The van der Waals surface area contributed by atoms with Crippen LogP contribution in [0.4, 0.5) is 4.79 Å². The molecule has 3 amide bonds. The zero-order valence-corrected chi connectivity index (χ0v) is 13.8. The SMILES string of the molecule is CN1C(=O)C(C(=O)CSc2ncnc3nc[nH]c23)C(N)N(C)C1=O. The van der Waals surface area contributed by atoms with Crippen LogP contribution in [0.3, 0.4) is 0 Å². The minimum absolute atomic E-state index is 0.00882. The molecule has 1 fully saturated rings. The Bertz CT molecular complexity index is 823. The lowest BCUT2D eigenvalue weighted by molar-refractivity contribution is -0.143. The fourth-order valence-electron chi connectivity index (χ4n) is 2.45. The summed E-state index contributed by atoms with van der Waals surface area (Å²) in [6, 6.07) is -0.529. The van der Waals surface area contributed by atoms with Crippen molar-refractivity contribution in [2.24, 2.45) is 11.7 Å². The van der Waals surface area contributed by atoms with E-state index in [1.807, 2.05) is 0 Å². The molecule has 0 radical (unpaired) electrons. The molecule has 2 atom stereocenters. The Kier molecular flexibility index (Phi) is 4.20. The molecule has 11 heteroatoms. The molecule has 1 saturated heterocycles. The van der Waals surface area contributed by atoms with Gasteiger partial charge in [0.05, 0.1) is 12.1 Å². The van der Waals surface area contributed by atoms with Crippen LogP contribution in [0.25, 0.3) is 11.2 Å². The van der Waals surface area contributed by atoms with Crippen molar-refractivity contribution in [3.63, 3.8) is 0 Å². The van der Waals surface area contributed by atoms with Gasteiger partial charge in [0.15, 0.2) is 11.4 Å². The molecule has 2 aromatic heterocycles. The zero-order chi connectivity index (χ0) is 17.4. The van der Waals surface area contributed by atoms with Crippen LogP contribution in [-0.2, 0) is 9.59 Å². The molecule has 0 saturated carbocycles. The maximum atomic E-state index is 12.5. The predicted octanol–water partition coefficient (Wildman–Crippen LogP) is -0.561. The number of nitrogens with one attached hydrogen (secondary N) is 1. The van der Waals surface area contributed by atoms with E-state index in [2.05, 4.69) is 19.9 Å². The van der Waals surface area contributed by atoms with Crippen molar-refractivity contribution in [3.8, 4) is 0 Å². The van der Waals surface area contributed by atoms with E-state index in [0.717, 1.165) is 16.7 Å². The van der Waals surface area contributed by atoms with Crippen LogP contribution in [0.15, 0.2) is 17.7 Å². The molecule has 126 valence electrons. The molecule has 0 bridgehead atoms. The predicted molar refractivity (Wildman–Crippen MR) is 84.8 cm³/mol. The molecule has 2 unspecified atom stereocenters. The van der Waals surface area contributed by atoms with Crippen LogP contribution in [0.5, 0.6) is 0 Å². The van der Waals surface area contributed by atoms with Crippen molar-refractivity contribution >= 4 is 40.6 Å². The lowest BCUT2D eigenvalue weighted by atomic mass is 9.97. The Morgan fingerprint density at radius 3 is 2.83 bits per heavy atom. The number of H-pyrrole nitrogens is 1. The number of carbonyl (C=O) groups is 3. The van der Waals surface area contributed by atoms with Gasteiger partial charge in [-0.1, -0.05) is 11.8 Å². The number of hydrogen-bond donors (Lipinski definition) is 2. The van der Waals surface area contributed by atoms with Crippen LogP contribution in [0, 0.1) is 5.92 Å². The van der Waals surface area contributed by atoms with E-state index < -0.39 is 24.0 Å². The van der Waals surface area contributed by atoms with E-state index in [9.17, 15) is 14.4 Å². The minimum Gasteiger partial charge on any atom is -0.341 e. The molecule has 2 aromatic rings. The van der Waals surface area contributed by atoms with E-state index in [4.69, 9.17) is 5.73 Å². The smallest absolute Gasteiger partial charge is 0.327 e. The number of nitrogens with two attached hydrogens (primary N) is 1. The van der Waals surface area contributed by atoms with Gasteiger partial charge in [-0.25, -0.2) is 19.7 Å². The van der Waals surface area contributed by atoms with Gasteiger partial charge in [0.25, 0.3) is 0 Å². The number of fused-ring (bicyclic) bond motifs is 1. The molecular formula is C13H15N7O3S. The van der Waals surface area contributed by atoms with E-state index in [-0.39, 0.29) is 11.5 Å². The number of aromatic amines is 1. The first-order valence-corrected chi connectivity index (χ1v) is 8.00. The number of Topliss-reactive ketones (excluding diaryl/α,β-unsaturated/α-hetero) is 1. The lowest BCUT2D eigenvalue weighted by Crippen LogP contribution is -2.64. The summed E-state index contributed by atoms with van der Waals surface area (Å²) in [5, 5.41) is 0.556.